The highest BCUT2D eigenvalue weighted by Crippen LogP contribution is 2.11. The first-order chi connectivity index (χ1) is 11.7. The highest BCUT2D eigenvalue weighted by atomic mass is 35.5. The predicted molar refractivity (Wildman–Crippen MR) is 97.1 cm³/mol. The number of halogens is 1. The van der Waals surface area contributed by atoms with Gasteiger partial charge in [0, 0.05) is 17.8 Å². The summed E-state index contributed by atoms with van der Waals surface area (Å²) in [4.78, 5) is 20.3. The number of pyridine rings is 1. The molecule has 0 aliphatic rings. The first kappa shape index (κ1) is 17.7. The molecule has 0 saturated carbocycles. The fraction of sp³-hybridized carbons (Fsp3) is 0.235. The fourth-order valence-corrected chi connectivity index (χ4v) is 2.17. The van der Waals surface area contributed by atoms with Crippen LogP contribution in [0.15, 0.2) is 53.8 Å². The summed E-state index contributed by atoms with van der Waals surface area (Å²) in [5.41, 5.74) is 1.66. The van der Waals surface area contributed by atoms with Crippen LogP contribution in [0, 0.1) is 0 Å². The topological polar surface area (TPSA) is 78.4 Å². The highest BCUT2D eigenvalue weighted by molar-refractivity contribution is 6.30. The number of anilines is 1. The van der Waals surface area contributed by atoms with Gasteiger partial charge in [-0.3, -0.25) is 9.78 Å². The summed E-state index contributed by atoms with van der Waals surface area (Å²) in [6.07, 6.45) is 3.25. The molecule has 0 saturated heterocycles. The second kappa shape index (κ2) is 9.52. The number of aliphatic imine (C=N–C) groups is 1. The maximum Gasteiger partial charge on any atom is 0.243 e. The smallest absolute Gasteiger partial charge is 0.243 e. The van der Waals surface area contributed by atoms with Crippen molar-refractivity contribution in [1.29, 1.82) is 0 Å². The summed E-state index contributed by atoms with van der Waals surface area (Å²) in [6, 6.07) is 11.1. The van der Waals surface area contributed by atoms with E-state index in [1.807, 2.05) is 31.2 Å². The molecule has 2 aromatic rings. The van der Waals surface area contributed by atoms with Crippen molar-refractivity contribution >= 4 is 29.2 Å². The van der Waals surface area contributed by atoms with E-state index in [0.717, 1.165) is 5.56 Å². The van der Waals surface area contributed by atoms with Crippen LogP contribution in [0.3, 0.4) is 0 Å². The van der Waals surface area contributed by atoms with E-state index < -0.39 is 0 Å². The van der Waals surface area contributed by atoms with Crippen molar-refractivity contribution in [3.63, 3.8) is 0 Å². The first-order valence-electron chi connectivity index (χ1n) is 7.64. The Hall–Kier alpha value is -2.60. The van der Waals surface area contributed by atoms with Gasteiger partial charge in [0.15, 0.2) is 5.96 Å². The molecule has 2 rings (SSSR count). The Bertz CT molecular complexity index is 690. The zero-order valence-electron chi connectivity index (χ0n) is 13.4. The van der Waals surface area contributed by atoms with Crippen molar-refractivity contribution in [2.75, 3.05) is 18.4 Å². The van der Waals surface area contributed by atoms with E-state index in [-0.39, 0.29) is 12.5 Å². The van der Waals surface area contributed by atoms with Gasteiger partial charge in [0.05, 0.1) is 25.0 Å². The van der Waals surface area contributed by atoms with Crippen molar-refractivity contribution in [2.24, 2.45) is 4.99 Å². The highest BCUT2D eigenvalue weighted by Gasteiger charge is 2.04. The van der Waals surface area contributed by atoms with Gasteiger partial charge in [-0.1, -0.05) is 23.7 Å². The average Bonchev–Trinajstić information content (AvgIpc) is 2.58. The summed E-state index contributed by atoms with van der Waals surface area (Å²) < 4.78 is 0. The van der Waals surface area contributed by atoms with Crippen LogP contribution in [0.5, 0.6) is 0 Å². The molecule has 24 heavy (non-hydrogen) atoms. The van der Waals surface area contributed by atoms with Gasteiger partial charge in [-0.25, -0.2) is 4.99 Å². The number of amides is 1. The molecule has 0 fully saturated rings. The van der Waals surface area contributed by atoms with Crippen molar-refractivity contribution in [2.45, 2.75) is 13.5 Å². The minimum absolute atomic E-state index is 0.107. The van der Waals surface area contributed by atoms with Crippen molar-refractivity contribution in [3.05, 3.63) is 59.4 Å². The third-order valence-corrected chi connectivity index (χ3v) is 3.25. The summed E-state index contributed by atoms with van der Waals surface area (Å²) >= 11 is 5.96. The summed E-state index contributed by atoms with van der Waals surface area (Å²) in [6.45, 7) is 3.24. The zero-order chi connectivity index (χ0) is 17.2. The molecule has 1 aromatic heterocycles. The molecule has 0 aliphatic heterocycles. The second-order valence-corrected chi connectivity index (χ2v) is 5.40. The van der Waals surface area contributed by atoms with E-state index in [4.69, 9.17) is 11.6 Å². The number of carbonyl (C=O) groups excluding carboxylic acids is 1. The molecule has 0 atom stereocenters. The number of rotatable bonds is 6. The monoisotopic (exact) mass is 345 g/mol. The van der Waals surface area contributed by atoms with Crippen LogP contribution in [0.1, 0.15) is 12.5 Å². The number of guanidine groups is 1. The molecule has 0 aliphatic carbocycles. The number of carbonyl (C=O) groups is 1. The molecular formula is C17H20ClN5O. The number of nitrogens with one attached hydrogen (secondary N) is 3. The van der Waals surface area contributed by atoms with Gasteiger partial charge >= 0.3 is 0 Å². The Kier molecular flexibility index (Phi) is 7.04. The standard InChI is InChI=1S/C17H20ClN5O/c1-2-20-17(21-10-13-5-3-6-14(18)9-13)22-12-16(24)23-15-7-4-8-19-11-15/h3-9,11H,2,10,12H2,1H3,(H,23,24)(H2,20,21,22). The van der Waals surface area contributed by atoms with Gasteiger partial charge in [-0.2, -0.15) is 0 Å². The Morgan fingerprint density at radius 1 is 1.25 bits per heavy atom. The Balaban J connectivity index is 1.88. The summed E-state index contributed by atoms with van der Waals surface area (Å²) in [7, 11) is 0. The lowest BCUT2D eigenvalue weighted by atomic mass is 10.2. The summed E-state index contributed by atoms with van der Waals surface area (Å²) in [5, 5.41) is 9.53. The molecule has 0 spiro atoms. The van der Waals surface area contributed by atoms with Crippen molar-refractivity contribution in [1.82, 2.24) is 15.6 Å². The molecule has 126 valence electrons. The Morgan fingerprint density at radius 2 is 2.12 bits per heavy atom. The van der Waals surface area contributed by atoms with Crippen LogP contribution >= 0.6 is 11.6 Å². The van der Waals surface area contributed by atoms with Gasteiger partial charge in [0.1, 0.15) is 0 Å². The second-order valence-electron chi connectivity index (χ2n) is 4.97. The normalized spacial score (nSPS) is 11.0. The molecule has 1 heterocycles. The SMILES string of the molecule is CCNC(=NCc1cccc(Cl)c1)NCC(=O)Nc1cccnc1. The zero-order valence-corrected chi connectivity index (χ0v) is 14.2. The van der Waals surface area contributed by atoms with Crippen LogP contribution in [-0.2, 0) is 11.3 Å². The number of benzene rings is 1. The lowest BCUT2D eigenvalue weighted by Crippen LogP contribution is -2.41. The third kappa shape index (κ3) is 6.26. The van der Waals surface area contributed by atoms with Gasteiger partial charge < -0.3 is 16.0 Å². The molecule has 0 unspecified atom stereocenters. The van der Waals surface area contributed by atoms with Crippen LogP contribution < -0.4 is 16.0 Å². The first-order valence-corrected chi connectivity index (χ1v) is 8.01. The minimum Gasteiger partial charge on any atom is -0.357 e. The van der Waals surface area contributed by atoms with Crippen LogP contribution in [0.2, 0.25) is 5.02 Å². The Labute approximate surface area is 146 Å². The van der Waals surface area contributed by atoms with E-state index in [1.165, 1.54) is 0 Å². The molecule has 1 amide bonds. The van der Waals surface area contributed by atoms with Crippen LogP contribution in [0.25, 0.3) is 0 Å². The van der Waals surface area contributed by atoms with E-state index in [1.54, 1.807) is 24.5 Å². The van der Waals surface area contributed by atoms with Gasteiger partial charge in [-0.05, 0) is 36.8 Å². The molecule has 1 aromatic carbocycles. The molecule has 6 nitrogen and oxygen atoms in total. The van der Waals surface area contributed by atoms with Crippen molar-refractivity contribution < 1.29 is 4.79 Å². The average molecular weight is 346 g/mol. The maximum atomic E-state index is 11.9. The quantitative estimate of drug-likeness (QED) is 0.555. The minimum atomic E-state index is -0.170. The molecule has 7 heteroatoms. The molecule has 0 radical (unpaired) electrons. The Morgan fingerprint density at radius 3 is 2.83 bits per heavy atom. The molecule has 0 bridgehead atoms. The number of hydrogen-bond acceptors (Lipinski definition) is 3. The van der Waals surface area contributed by atoms with Gasteiger partial charge in [0.25, 0.3) is 0 Å². The fourth-order valence-electron chi connectivity index (χ4n) is 1.95. The van der Waals surface area contributed by atoms with E-state index in [0.29, 0.717) is 29.8 Å². The lowest BCUT2D eigenvalue weighted by Gasteiger charge is -2.11. The van der Waals surface area contributed by atoms with E-state index in [2.05, 4.69) is 25.9 Å². The van der Waals surface area contributed by atoms with Gasteiger partial charge in [0.2, 0.25) is 5.91 Å². The lowest BCUT2D eigenvalue weighted by molar-refractivity contribution is -0.115. The number of hydrogen-bond donors (Lipinski definition) is 3. The van der Waals surface area contributed by atoms with Crippen LogP contribution in [0.4, 0.5) is 5.69 Å². The maximum absolute atomic E-state index is 11.9. The third-order valence-electron chi connectivity index (χ3n) is 3.01. The molecular weight excluding hydrogens is 326 g/mol. The predicted octanol–water partition coefficient (Wildman–Crippen LogP) is 2.43. The van der Waals surface area contributed by atoms with E-state index >= 15 is 0 Å². The number of nitrogens with zero attached hydrogens (tertiary/aromatic N) is 2. The van der Waals surface area contributed by atoms with E-state index in [9.17, 15) is 4.79 Å². The largest absolute Gasteiger partial charge is 0.357 e. The number of aromatic nitrogens is 1. The van der Waals surface area contributed by atoms with Crippen molar-refractivity contribution in [3.8, 4) is 0 Å². The van der Waals surface area contributed by atoms with Gasteiger partial charge in [-0.15, -0.1) is 0 Å². The summed E-state index contributed by atoms with van der Waals surface area (Å²) in [5.74, 6) is 0.398. The van der Waals surface area contributed by atoms with Crippen LogP contribution in [-0.4, -0.2) is 29.9 Å². The molecule has 3 N–H and O–H groups in total.